The number of aryl methyl sites for hydroxylation is 1. The smallest absolute Gasteiger partial charge is 0.383 e. The van der Waals surface area contributed by atoms with Crippen LogP contribution in [0.25, 0.3) is 0 Å². The van der Waals surface area contributed by atoms with Crippen LogP contribution in [0.4, 0.5) is 5.82 Å². The highest BCUT2D eigenvalue weighted by Crippen LogP contribution is 2.38. The fourth-order valence-corrected chi connectivity index (χ4v) is 4.48. The Morgan fingerprint density at radius 2 is 1.97 bits per heavy atom. The van der Waals surface area contributed by atoms with Crippen LogP contribution in [0.3, 0.4) is 0 Å². The zero-order valence-electron chi connectivity index (χ0n) is 19.0. The number of phosphoric ester groups is 1. The van der Waals surface area contributed by atoms with Gasteiger partial charge in [0.05, 0.1) is 13.2 Å². The van der Waals surface area contributed by atoms with Gasteiger partial charge in [0.1, 0.15) is 11.6 Å². The van der Waals surface area contributed by atoms with Gasteiger partial charge in [0.2, 0.25) is 6.41 Å². The van der Waals surface area contributed by atoms with Gasteiger partial charge >= 0.3 is 7.82 Å². The third-order valence-electron chi connectivity index (χ3n) is 4.74. The summed E-state index contributed by atoms with van der Waals surface area (Å²) in [6.07, 6.45) is 5.43. The third-order valence-corrected chi connectivity index (χ3v) is 6.54. The second-order valence-corrected chi connectivity index (χ2v) is 9.68. The second kappa shape index (κ2) is 13.7. The number of phosphoric acid groups is 1. The topological polar surface area (TPSA) is 156 Å². The van der Waals surface area contributed by atoms with E-state index in [4.69, 9.17) is 15.5 Å². The van der Waals surface area contributed by atoms with Crippen LogP contribution in [-0.4, -0.2) is 42.8 Å². The molecule has 1 heterocycles. The lowest BCUT2D eigenvalue weighted by Crippen LogP contribution is -2.22. The molecule has 0 aliphatic heterocycles. The number of nitrogens with zero attached hydrogens (tertiary/aromatic N) is 3. The van der Waals surface area contributed by atoms with Crippen molar-refractivity contribution in [2.45, 2.75) is 66.3 Å². The van der Waals surface area contributed by atoms with Crippen LogP contribution >= 0.6 is 19.6 Å². The third kappa shape index (κ3) is 9.79. The Labute approximate surface area is 193 Å². The Morgan fingerprint density at radius 1 is 1.34 bits per heavy atom. The molecule has 0 fully saturated rings. The number of anilines is 1. The molecule has 0 spiro atoms. The highest BCUT2D eigenvalue weighted by molar-refractivity contribution is 8.17. The van der Waals surface area contributed by atoms with Gasteiger partial charge in [0, 0.05) is 34.7 Å². The lowest BCUT2D eigenvalue weighted by atomic mass is 10.0. The lowest BCUT2D eigenvalue weighted by Gasteiger charge is -2.23. The van der Waals surface area contributed by atoms with Gasteiger partial charge in [-0.05, 0) is 26.7 Å². The molecule has 180 valence electrons. The standard InChI is InChI=1S/C20H33N4O6PS/c1-5-7-16(8-6-2)20(26)32-18(9-10-30-31(27,28)29)14(3)24(13-25)12-17-11-22-15(4)23-19(17)21/h11,13,16H,5-10,12H2,1-4H3,(H2,21,22,23)(H2,27,28,29). The van der Waals surface area contributed by atoms with Crippen LogP contribution < -0.4 is 5.73 Å². The van der Waals surface area contributed by atoms with Gasteiger partial charge in [-0.25, -0.2) is 14.5 Å². The van der Waals surface area contributed by atoms with Crippen LogP contribution in [0, 0.1) is 12.8 Å². The molecule has 10 nitrogen and oxygen atoms in total. The Balaban J connectivity index is 3.19. The summed E-state index contributed by atoms with van der Waals surface area (Å²) in [5.41, 5.74) is 6.95. The molecule has 0 unspecified atom stereocenters. The van der Waals surface area contributed by atoms with Gasteiger partial charge in [0.15, 0.2) is 5.12 Å². The van der Waals surface area contributed by atoms with Crippen molar-refractivity contribution >= 4 is 36.9 Å². The Morgan fingerprint density at radius 3 is 2.47 bits per heavy atom. The van der Waals surface area contributed by atoms with Crippen molar-refractivity contribution in [1.82, 2.24) is 14.9 Å². The first-order chi connectivity index (χ1) is 15.0. The first-order valence-electron chi connectivity index (χ1n) is 10.4. The number of allylic oxidation sites excluding steroid dienone is 1. The molecule has 0 saturated carbocycles. The molecule has 0 atom stereocenters. The SMILES string of the molecule is CCCC(CCC)C(=O)SC(CCOP(=O)(O)O)=C(C)N(C=O)Cc1cnc(C)nc1N. The van der Waals surface area contributed by atoms with E-state index in [0.717, 1.165) is 37.4 Å². The Kier molecular flexibility index (Phi) is 12.1. The normalized spacial score (nSPS) is 12.6. The van der Waals surface area contributed by atoms with Gasteiger partial charge < -0.3 is 20.4 Å². The Hall–Kier alpha value is -1.78. The number of rotatable bonds is 14. The lowest BCUT2D eigenvalue weighted by molar-refractivity contribution is -0.117. The quantitative estimate of drug-likeness (QED) is 0.261. The number of aromatic nitrogens is 2. The van der Waals surface area contributed by atoms with E-state index < -0.39 is 7.82 Å². The first-order valence-corrected chi connectivity index (χ1v) is 12.8. The zero-order chi connectivity index (χ0) is 24.3. The molecule has 0 radical (unpaired) electrons. The molecule has 4 N–H and O–H groups in total. The number of amides is 1. The van der Waals surface area contributed by atoms with Crippen LogP contribution in [0.2, 0.25) is 0 Å². The van der Waals surface area contributed by atoms with E-state index in [9.17, 15) is 14.2 Å². The molecule has 0 aliphatic carbocycles. The maximum absolute atomic E-state index is 12.9. The molecule has 1 aromatic rings. The average Bonchev–Trinajstić information content (AvgIpc) is 2.71. The summed E-state index contributed by atoms with van der Waals surface area (Å²) >= 11 is 0.997. The van der Waals surface area contributed by atoms with Crippen molar-refractivity contribution in [2.24, 2.45) is 5.92 Å². The minimum atomic E-state index is -4.66. The molecule has 1 rings (SSSR count). The highest BCUT2D eigenvalue weighted by atomic mass is 32.2. The van der Waals surface area contributed by atoms with Gasteiger partial charge in [-0.3, -0.25) is 14.1 Å². The molecule has 1 amide bonds. The molecule has 12 heteroatoms. The molecule has 1 aromatic heterocycles. The molecular formula is C20H33N4O6PS. The summed E-state index contributed by atoms with van der Waals surface area (Å²) in [5, 5.41) is -0.0386. The molecule has 32 heavy (non-hydrogen) atoms. The first kappa shape index (κ1) is 28.3. The number of hydrogen-bond donors (Lipinski definition) is 3. The number of carbonyl (C=O) groups is 2. The predicted molar refractivity (Wildman–Crippen MR) is 124 cm³/mol. The van der Waals surface area contributed by atoms with Crippen LogP contribution in [0.5, 0.6) is 0 Å². The highest BCUT2D eigenvalue weighted by Gasteiger charge is 2.23. The van der Waals surface area contributed by atoms with Crippen LogP contribution in [0.1, 0.15) is 64.3 Å². The van der Waals surface area contributed by atoms with Crippen LogP contribution in [-0.2, 0) is 25.2 Å². The fourth-order valence-electron chi connectivity index (χ4n) is 3.06. The summed E-state index contributed by atoms with van der Waals surface area (Å²) < 4.78 is 15.6. The molecular weight excluding hydrogens is 455 g/mol. The fraction of sp³-hybridized carbons (Fsp3) is 0.600. The number of thioether (sulfide) groups is 1. The molecule has 0 aromatic carbocycles. The maximum atomic E-state index is 12.9. The number of carbonyl (C=O) groups excluding carboxylic acids is 2. The minimum Gasteiger partial charge on any atom is -0.383 e. The van der Waals surface area contributed by atoms with Gasteiger partial charge in [-0.1, -0.05) is 38.5 Å². The average molecular weight is 489 g/mol. The van der Waals surface area contributed by atoms with E-state index >= 15 is 0 Å². The molecule has 0 saturated heterocycles. The second-order valence-electron chi connectivity index (χ2n) is 7.34. The van der Waals surface area contributed by atoms with Gasteiger partial charge in [0.25, 0.3) is 0 Å². The predicted octanol–water partition coefficient (Wildman–Crippen LogP) is 3.53. The van der Waals surface area contributed by atoms with Crippen LogP contribution in [0.15, 0.2) is 16.8 Å². The largest absolute Gasteiger partial charge is 0.469 e. The minimum absolute atomic E-state index is 0.0386. The summed E-state index contributed by atoms with van der Waals surface area (Å²) in [6, 6.07) is 0. The Bertz CT molecular complexity index is 854. The van der Waals surface area contributed by atoms with Crippen molar-refractivity contribution < 1.29 is 28.5 Å². The van der Waals surface area contributed by atoms with E-state index in [1.165, 1.54) is 11.1 Å². The van der Waals surface area contributed by atoms with Crippen molar-refractivity contribution in [3.8, 4) is 0 Å². The van der Waals surface area contributed by atoms with Gasteiger partial charge in [-0.2, -0.15) is 0 Å². The van der Waals surface area contributed by atoms with E-state index in [1.807, 2.05) is 13.8 Å². The van der Waals surface area contributed by atoms with Crippen molar-refractivity contribution in [1.29, 1.82) is 0 Å². The number of hydrogen-bond acceptors (Lipinski definition) is 8. The van der Waals surface area contributed by atoms with E-state index in [-0.39, 0.29) is 36.4 Å². The van der Waals surface area contributed by atoms with E-state index in [1.54, 1.807) is 13.8 Å². The van der Waals surface area contributed by atoms with Gasteiger partial charge in [-0.15, -0.1) is 0 Å². The zero-order valence-corrected chi connectivity index (χ0v) is 20.7. The van der Waals surface area contributed by atoms with E-state index in [2.05, 4.69) is 14.5 Å². The molecule has 0 bridgehead atoms. The monoisotopic (exact) mass is 488 g/mol. The summed E-state index contributed by atoms with van der Waals surface area (Å²) in [6.45, 7) is 7.18. The number of nitrogens with two attached hydrogens (primary N) is 1. The molecule has 0 aliphatic rings. The maximum Gasteiger partial charge on any atom is 0.469 e. The summed E-state index contributed by atoms with van der Waals surface area (Å²) in [5.74, 6) is 0.620. The van der Waals surface area contributed by atoms with Crippen molar-refractivity contribution in [3.05, 3.63) is 28.2 Å². The summed E-state index contributed by atoms with van der Waals surface area (Å²) in [4.78, 5) is 52.8. The summed E-state index contributed by atoms with van der Waals surface area (Å²) in [7, 11) is -4.66. The van der Waals surface area contributed by atoms with E-state index in [0.29, 0.717) is 28.4 Å². The van der Waals surface area contributed by atoms with Crippen molar-refractivity contribution in [2.75, 3.05) is 12.3 Å². The van der Waals surface area contributed by atoms with Crippen molar-refractivity contribution in [3.63, 3.8) is 0 Å². The number of nitrogen functional groups attached to an aromatic ring is 1.